The van der Waals surface area contributed by atoms with Crippen LogP contribution in [-0.2, 0) is 0 Å². The van der Waals surface area contributed by atoms with Crippen LogP contribution in [0.2, 0.25) is 0 Å². The van der Waals surface area contributed by atoms with Gasteiger partial charge in [0.1, 0.15) is 18.2 Å². The fourth-order valence-electron chi connectivity index (χ4n) is 2.69. The Morgan fingerprint density at radius 3 is 2.79 bits per heavy atom. The van der Waals surface area contributed by atoms with Crippen molar-refractivity contribution in [2.24, 2.45) is 0 Å². The molecule has 0 aliphatic rings. The minimum Gasteiger partial charge on any atom is -0.491 e. The maximum Gasteiger partial charge on any atom is 0.404 e. The van der Waals surface area contributed by atoms with Gasteiger partial charge in [0, 0.05) is 35.8 Å². The molecular weight excluding hydrogens is 379 g/mol. The summed E-state index contributed by atoms with van der Waals surface area (Å²) in [5, 5.41) is 18.1. The van der Waals surface area contributed by atoms with Crippen molar-refractivity contribution in [3.05, 3.63) is 66.7 Å². The van der Waals surface area contributed by atoms with E-state index in [1.54, 1.807) is 36.7 Å². The maximum atomic E-state index is 13.3. The topological polar surface area (TPSA) is 113 Å². The number of halogens is 1. The van der Waals surface area contributed by atoms with Crippen molar-refractivity contribution in [1.82, 2.24) is 15.6 Å². The fraction of sp³-hybridized carbons (Fsp3) is 0.150. The van der Waals surface area contributed by atoms with E-state index in [2.05, 4.69) is 20.9 Å². The average Bonchev–Trinajstić information content (AvgIpc) is 2.70. The van der Waals surface area contributed by atoms with Crippen molar-refractivity contribution in [2.45, 2.75) is 6.04 Å². The van der Waals surface area contributed by atoms with E-state index in [1.165, 1.54) is 18.2 Å². The number of nitrogens with one attached hydrogen (secondary N) is 3. The summed E-state index contributed by atoms with van der Waals surface area (Å²) in [6, 6.07) is 11.5. The number of carbonyl (C=O) groups is 2. The fourth-order valence-corrected chi connectivity index (χ4v) is 2.69. The lowest BCUT2D eigenvalue weighted by Gasteiger charge is -2.20. The van der Waals surface area contributed by atoms with Crippen molar-refractivity contribution in [3.63, 3.8) is 0 Å². The Morgan fingerprint density at radius 2 is 2.00 bits per heavy atom. The molecule has 8 nitrogen and oxygen atoms in total. The van der Waals surface area contributed by atoms with Gasteiger partial charge in [-0.15, -0.1) is 0 Å². The van der Waals surface area contributed by atoms with Gasteiger partial charge < -0.3 is 25.8 Å². The van der Waals surface area contributed by atoms with Crippen LogP contribution in [0.25, 0.3) is 10.8 Å². The molecule has 1 heterocycles. The molecule has 9 heteroatoms. The van der Waals surface area contributed by atoms with E-state index in [0.29, 0.717) is 5.69 Å². The number of pyridine rings is 1. The number of carbonyl (C=O) groups excluding carboxylic acids is 1. The highest BCUT2D eigenvalue weighted by molar-refractivity contribution is 6.01. The number of aromatic nitrogens is 1. The minimum absolute atomic E-state index is 0.0589. The van der Waals surface area contributed by atoms with Crippen molar-refractivity contribution in [1.29, 1.82) is 0 Å². The molecule has 0 bridgehead atoms. The van der Waals surface area contributed by atoms with Gasteiger partial charge in [-0.2, -0.15) is 0 Å². The van der Waals surface area contributed by atoms with Crippen LogP contribution in [0.5, 0.6) is 5.75 Å². The predicted octanol–water partition coefficient (Wildman–Crippen LogP) is 3.21. The third kappa shape index (κ3) is 5.80. The van der Waals surface area contributed by atoms with Crippen LogP contribution in [0.15, 0.2) is 60.9 Å². The Morgan fingerprint density at radius 1 is 1.17 bits per heavy atom. The zero-order valence-electron chi connectivity index (χ0n) is 15.3. The van der Waals surface area contributed by atoms with E-state index in [1.807, 2.05) is 6.07 Å². The highest BCUT2D eigenvalue weighted by Gasteiger charge is 2.15. The Labute approximate surface area is 165 Å². The van der Waals surface area contributed by atoms with Gasteiger partial charge in [-0.3, -0.25) is 4.98 Å². The predicted molar refractivity (Wildman–Crippen MR) is 106 cm³/mol. The van der Waals surface area contributed by atoms with E-state index in [0.717, 1.165) is 10.8 Å². The maximum absolute atomic E-state index is 13.3. The van der Waals surface area contributed by atoms with Crippen molar-refractivity contribution >= 4 is 28.6 Å². The molecule has 3 amide bonds. The molecule has 0 radical (unpaired) electrons. The van der Waals surface area contributed by atoms with Crippen LogP contribution in [-0.4, -0.2) is 41.4 Å². The first-order valence-electron chi connectivity index (χ1n) is 8.76. The lowest BCUT2D eigenvalue weighted by atomic mass is 10.1. The van der Waals surface area contributed by atoms with Crippen molar-refractivity contribution < 1.29 is 23.8 Å². The summed E-state index contributed by atoms with van der Waals surface area (Å²) in [6.45, 7) is -0.145. The van der Waals surface area contributed by atoms with Gasteiger partial charge in [-0.25, -0.2) is 14.0 Å². The van der Waals surface area contributed by atoms with Gasteiger partial charge in [-0.1, -0.05) is 18.2 Å². The molecule has 150 valence electrons. The quantitative estimate of drug-likeness (QED) is 0.488. The third-order valence-electron chi connectivity index (χ3n) is 4.01. The molecule has 0 aliphatic heterocycles. The lowest BCUT2D eigenvalue weighted by molar-refractivity contribution is 0.189. The highest BCUT2D eigenvalue weighted by atomic mass is 19.1. The largest absolute Gasteiger partial charge is 0.491 e. The standard InChI is InChI=1S/C20H19FN4O4/c21-14-4-2-5-16(9-14)29-12-15(11-23-20(27)28)24-19(26)25-18-6-1-3-13-10-22-8-7-17(13)18/h1-10,15,23H,11-12H2,(H,27,28)(H2,24,25,26)/t15-/m0/s1. The van der Waals surface area contributed by atoms with Gasteiger partial charge in [-0.05, 0) is 24.3 Å². The van der Waals surface area contributed by atoms with Crippen LogP contribution >= 0.6 is 0 Å². The van der Waals surface area contributed by atoms with Gasteiger partial charge in [0.25, 0.3) is 0 Å². The number of ether oxygens (including phenoxy) is 1. The molecule has 2 aromatic carbocycles. The number of benzene rings is 2. The first-order chi connectivity index (χ1) is 14.0. The molecule has 0 unspecified atom stereocenters. The summed E-state index contributed by atoms with van der Waals surface area (Å²) in [5.74, 6) is -0.187. The van der Waals surface area contributed by atoms with E-state index >= 15 is 0 Å². The molecule has 0 aliphatic carbocycles. The molecule has 0 saturated carbocycles. The van der Waals surface area contributed by atoms with Gasteiger partial charge in [0.05, 0.1) is 11.7 Å². The first kappa shape index (κ1) is 19.9. The normalized spacial score (nSPS) is 11.5. The Kier molecular flexibility index (Phi) is 6.41. The van der Waals surface area contributed by atoms with Crippen molar-refractivity contribution in [2.75, 3.05) is 18.5 Å². The number of urea groups is 1. The Hall–Kier alpha value is -3.88. The number of anilines is 1. The van der Waals surface area contributed by atoms with Gasteiger partial charge >= 0.3 is 12.1 Å². The molecule has 0 spiro atoms. The number of hydrogen-bond acceptors (Lipinski definition) is 4. The first-order valence-corrected chi connectivity index (χ1v) is 8.76. The minimum atomic E-state index is -1.23. The molecular formula is C20H19FN4O4. The summed E-state index contributed by atoms with van der Waals surface area (Å²) in [6.07, 6.45) is 2.08. The summed E-state index contributed by atoms with van der Waals surface area (Å²) in [5.41, 5.74) is 0.582. The van der Waals surface area contributed by atoms with Crippen LogP contribution in [0.3, 0.4) is 0 Å². The van der Waals surface area contributed by atoms with Crippen LogP contribution in [0.4, 0.5) is 19.7 Å². The van der Waals surface area contributed by atoms with Crippen LogP contribution in [0, 0.1) is 5.82 Å². The number of rotatable bonds is 7. The SMILES string of the molecule is O=C(O)NC[C@@H](COc1cccc(F)c1)NC(=O)Nc1cccc2cnccc12. The Bertz CT molecular complexity index is 1010. The number of nitrogens with zero attached hydrogens (tertiary/aromatic N) is 1. The molecule has 1 aromatic heterocycles. The highest BCUT2D eigenvalue weighted by Crippen LogP contribution is 2.22. The molecule has 0 saturated heterocycles. The van der Waals surface area contributed by atoms with E-state index in [-0.39, 0.29) is 18.9 Å². The third-order valence-corrected chi connectivity index (χ3v) is 4.01. The van der Waals surface area contributed by atoms with Gasteiger partial charge in [0.15, 0.2) is 0 Å². The second-order valence-electron chi connectivity index (χ2n) is 6.15. The summed E-state index contributed by atoms with van der Waals surface area (Å²) < 4.78 is 18.8. The number of amides is 3. The number of carboxylic acid groups (broad SMARTS) is 1. The molecule has 4 N–H and O–H groups in total. The smallest absolute Gasteiger partial charge is 0.404 e. The average molecular weight is 398 g/mol. The van der Waals surface area contributed by atoms with E-state index in [9.17, 15) is 14.0 Å². The molecule has 1 atom stereocenters. The Balaban J connectivity index is 1.65. The molecule has 0 fully saturated rings. The van der Waals surface area contributed by atoms with Crippen LogP contribution in [0.1, 0.15) is 0 Å². The van der Waals surface area contributed by atoms with Crippen molar-refractivity contribution in [3.8, 4) is 5.75 Å². The molecule has 3 aromatic rings. The zero-order valence-corrected chi connectivity index (χ0v) is 15.3. The second-order valence-corrected chi connectivity index (χ2v) is 6.15. The number of fused-ring (bicyclic) bond motifs is 1. The van der Waals surface area contributed by atoms with E-state index < -0.39 is 24.0 Å². The summed E-state index contributed by atoms with van der Waals surface area (Å²) >= 11 is 0. The number of hydrogen-bond donors (Lipinski definition) is 4. The second kappa shape index (κ2) is 9.36. The molecule has 3 rings (SSSR count). The monoisotopic (exact) mass is 398 g/mol. The summed E-state index contributed by atoms with van der Waals surface area (Å²) in [4.78, 5) is 27.3. The zero-order chi connectivity index (χ0) is 20.6. The van der Waals surface area contributed by atoms with E-state index in [4.69, 9.17) is 9.84 Å². The lowest BCUT2D eigenvalue weighted by Crippen LogP contribution is -2.48. The summed E-state index contributed by atoms with van der Waals surface area (Å²) in [7, 11) is 0. The molecule has 29 heavy (non-hydrogen) atoms. The van der Waals surface area contributed by atoms with Crippen LogP contribution < -0.4 is 20.7 Å². The van der Waals surface area contributed by atoms with Gasteiger partial charge in [0.2, 0.25) is 0 Å².